The molecule has 1 aromatic heterocycles. The first-order valence-corrected chi connectivity index (χ1v) is 13.4. The average Bonchev–Trinajstić information content (AvgIpc) is 2.83. The molecular formula is C26H33N3O4S. The Morgan fingerprint density at radius 1 is 1.03 bits per heavy atom. The SMILES string of the molecule is CCCCCc1cc(-c2ccc(S(C)(=O)=O)cc2)nc(-c2cccc(OCC(O)CNC)c2)n1. The molecule has 0 fully saturated rings. The molecule has 1 heterocycles. The Morgan fingerprint density at radius 3 is 2.47 bits per heavy atom. The Morgan fingerprint density at radius 2 is 1.79 bits per heavy atom. The number of unbranched alkanes of at least 4 members (excludes halogenated alkanes) is 2. The third-order valence-electron chi connectivity index (χ3n) is 5.37. The molecule has 3 aromatic rings. The lowest BCUT2D eigenvalue weighted by molar-refractivity contribution is 0.108. The molecule has 182 valence electrons. The van der Waals surface area contributed by atoms with Crippen molar-refractivity contribution in [2.75, 3.05) is 26.5 Å². The van der Waals surface area contributed by atoms with E-state index < -0.39 is 15.9 Å². The van der Waals surface area contributed by atoms with Gasteiger partial charge in [-0.15, -0.1) is 0 Å². The van der Waals surface area contributed by atoms with E-state index in [9.17, 15) is 13.5 Å². The first kappa shape index (κ1) is 25.8. The molecule has 0 saturated carbocycles. The quantitative estimate of drug-likeness (QED) is 0.377. The van der Waals surface area contributed by atoms with Gasteiger partial charge in [-0.25, -0.2) is 18.4 Å². The molecule has 2 N–H and O–H groups in total. The van der Waals surface area contributed by atoms with Gasteiger partial charge in [0, 0.05) is 29.6 Å². The number of likely N-dealkylation sites (N-methyl/N-ethyl adjacent to an activating group) is 1. The van der Waals surface area contributed by atoms with Crippen LogP contribution in [-0.4, -0.2) is 56.1 Å². The van der Waals surface area contributed by atoms with Crippen LogP contribution in [0, 0.1) is 0 Å². The van der Waals surface area contributed by atoms with Gasteiger partial charge in [0.2, 0.25) is 0 Å². The highest BCUT2D eigenvalue weighted by atomic mass is 32.2. The van der Waals surface area contributed by atoms with Crippen LogP contribution in [0.5, 0.6) is 5.75 Å². The van der Waals surface area contributed by atoms with Gasteiger partial charge in [-0.05, 0) is 50.2 Å². The minimum absolute atomic E-state index is 0.181. The molecule has 34 heavy (non-hydrogen) atoms. The Balaban J connectivity index is 1.94. The molecule has 7 nitrogen and oxygen atoms in total. The number of aliphatic hydroxyl groups excluding tert-OH is 1. The fourth-order valence-corrected chi connectivity index (χ4v) is 4.17. The summed E-state index contributed by atoms with van der Waals surface area (Å²) < 4.78 is 29.4. The smallest absolute Gasteiger partial charge is 0.175 e. The van der Waals surface area contributed by atoms with E-state index in [-0.39, 0.29) is 11.5 Å². The van der Waals surface area contributed by atoms with Gasteiger partial charge in [-0.1, -0.05) is 44.0 Å². The molecule has 2 aromatic carbocycles. The van der Waals surface area contributed by atoms with Gasteiger partial charge in [-0.3, -0.25) is 0 Å². The van der Waals surface area contributed by atoms with Crippen LogP contribution in [0.2, 0.25) is 0 Å². The third kappa shape index (κ3) is 7.35. The number of aromatic nitrogens is 2. The van der Waals surface area contributed by atoms with Crippen molar-refractivity contribution in [1.29, 1.82) is 0 Å². The van der Waals surface area contributed by atoms with E-state index in [0.29, 0.717) is 18.1 Å². The van der Waals surface area contributed by atoms with Crippen LogP contribution in [-0.2, 0) is 16.3 Å². The summed E-state index contributed by atoms with van der Waals surface area (Å²) >= 11 is 0. The van der Waals surface area contributed by atoms with Crippen LogP contribution >= 0.6 is 0 Å². The Labute approximate surface area is 202 Å². The molecule has 1 atom stereocenters. The van der Waals surface area contributed by atoms with Crippen LogP contribution in [0.3, 0.4) is 0 Å². The second-order valence-corrected chi connectivity index (χ2v) is 10.4. The molecule has 1 unspecified atom stereocenters. The number of aliphatic hydroxyl groups is 1. The second-order valence-electron chi connectivity index (χ2n) is 8.37. The molecule has 0 aliphatic rings. The van der Waals surface area contributed by atoms with E-state index in [2.05, 4.69) is 12.2 Å². The van der Waals surface area contributed by atoms with Crippen LogP contribution < -0.4 is 10.1 Å². The predicted octanol–water partition coefficient (Wildman–Crippen LogP) is 3.91. The van der Waals surface area contributed by atoms with Gasteiger partial charge in [-0.2, -0.15) is 0 Å². The molecule has 8 heteroatoms. The standard InChI is InChI=1S/C26H33N3O4S/c1-4-5-6-9-21-16-25(19-11-13-24(14-12-19)34(3,31)32)29-26(28-21)20-8-7-10-23(15-20)33-18-22(30)17-27-2/h7-8,10-16,22,27,30H,4-6,9,17-18H2,1-3H3. The van der Waals surface area contributed by atoms with E-state index in [4.69, 9.17) is 14.7 Å². The van der Waals surface area contributed by atoms with E-state index in [0.717, 1.165) is 48.2 Å². The van der Waals surface area contributed by atoms with Crippen LogP contribution in [0.25, 0.3) is 22.6 Å². The van der Waals surface area contributed by atoms with Crippen molar-refractivity contribution in [3.8, 4) is 28.4 Å². The lowest BCUT2D eigenvalue weighted by Crippen LogP contribution is -2.29. The average molecular weight is 484 g/mol. The lowest BCUT2D eigenvalue weighted by atomic mass is 10.1. The second kappa shape index (κ2) is 12.1. The van der Waals surface area contributed by atoms with Crippen molar-refractivity contribution >= 4 is 9.84 Å². The largest absolute Gasteiger partial charge is 0.491 e. The van der Waals surface area contributed by atoms with Crippen molar-refractivity contribution in [3.05, 3.63) is 60.3 Å². The van der Waals surface area contributed by atoms with Crippen LogP contribution in [0.4, 0.5) is 0 Å². The number of hydrogen-bond donors (Lipinski definition) is 2. The van der Waals surface area contributed by atoms with Gasteiger partial charge < -0.3 is 15.2 Å². The maximum Gasteiger partial charge on any atom is 0.175 e. The summed E-state index contributed by atoms with van der Waals surface area (Å²) in [6.45, 7) is 2.80. The molecule has 0 spiro atoms. The molecule has 3 rings (SSSR count). The summed E-state index contributed by atoms with van der Waals surface area (Å²) in [5.41, 5.74) is 3.33. The zero-order valence-corrected chi connectivity index (χ0v) is 20.8. The van der Waals surface area contributed by atoms with Gasteiger partial charge in [0.05, 0.1) is 10.6 Å². The lowest BCUT2D eigenvalue weighted by Gasteiger charge is -2.13. The maximum absolute atomic E-state index is 11.8. The molecule has 0 radical (unpaired) electrons. The first-order chi connectivity index (χ1) is 16.3. The summed E-state index contributed by atoms with van der Waals surface area (Å²) in [4.78, 5) is 9.86. The normalized spacial score (nSPS) is 12.5. The van der Waals surface area contributed by atoms with Crippen LogP contribution in [0.15, 0.2) is 59.5 Å². The fraction of sp³-hybridized carbons (Fsp3) is 0.385. The Kier molecular flexibility index (Phi) is 9.15. The number of hydrogen-bond acceptors (Lipinski definition) is 7. The highest BCUT2D eigenvalue weighted by Gasteiger charge is 2.12. The molecule has 0 aliphatic carbocycles. The summed E-state index contributed by atoms with van der Waals surface area (Å²) in [6.07, 6.45) is 4.71. The molecule has 0 bridgehead atoms. The Hall–Kier alpha value is -2.81. The third-order valence-corrected chi connectivity index (χ3v) is 6.50. The zero-order chi connectivity index (χ0) is 24.6. The monoisotopic (exact) mass is 483 g/mol. The number of benzene rings is 2. The van der Waals surface area contributed by atoms with Crippen molar-refractivity contribution < 1.29 is 18.3 Å². The maximum atomic E-state index is 11.8. The number of rotatable bonds is 12. The van der Waals surface area contributed by atoms with E-state index in [1.807, 2.05) is 30.3 Å². The van der Waals surface area contributed by atoms with Crippen molar-refractivity contribution in [1.82, 2.24) is 15.3 Å². The number of ether oxygens (including phenoxy) is 1. The fourth-order valence-electron chi connectivity index (χ4n) is 3.54. The summed E-state index contributed by atoms with van der Waals surface area (Å²) in [7, 11) is -1.49. The van der Waals surface area contributed by atoms with E-state index in [1.54, 1.807) is 31.3 Å². The minimum Gasteiger partial charge on any atom is -0.491 e. The first-order valence-electron chi connectivity index (χ1n) is 11.5. The predicted molar refractivity (Wildman–Crippen MR) is 135 cm³/mol. The summed E-state index contributed by atoms with van der Waals surface area (Å²) in [6, 6.07) is 16.3. The number of nitrogens with one attached hydrogen (secondary N) is 1. The topological polar surface area (TPSA) is 101 Å². The number of aryl methyl sites for hydroxylation is 1. The van der Waals surface area contributed by atoms with Gasteiger partial charge in [0.25, 0.3) is 0 Å². The highest BCUT2D eigenvalue weighted by Crippen LogP contribution is 2.26. The summed E-state index contributed by atoms with van der Waals surface area (Å²) in [5.74, 6) is 1.21. The van der Waals surface area contributed by atoms with Gasteiger partial charge in [0.15, 0.2) is 15.7 Å². The number of sulfone groups is 1. The van der Waals surface area contributed by atoms with Crippen LogP contribution in [0.1, 0.15) is 31.9 Å². The molecular weight excluding hydrogens is 450 g/mol. The number of nitrogens with zero attached hydrogens (tertiary/aromatic N) is 2. The zero-order valence-electron chi connectivity index (χ0n) is 20.0. The minimum atomic E-state index is -3.26. The molecule has 0 saturated heterocycles. The highest BCUT2D eigenvalue weighted by molar-refractivity contribution is 7.90. The Bertz CT molecular complexity index is 1180. The molecule has 0 aliphatic heterocycles. The van der Waals surface area contributed by atoms with Gasteiger partial charge >= 0.3 is 0 Å². The van der Waals surface area contributed by atoms with E-state index in [1.165, 1.54) is 6.26 Å². The summed E-state index contributed by atoms with van der Waals surface area (Å²) in [5, 5.41) is 12.8. The van der Waals surface area contributed by atoms with Gasteiger partial charge in [0.1, 0.15) is 18.5 Å². The van der Waals surface area contributed by atoms with Crippen molar-refractivity contribution in [3.63, 3.8) is 0 Å². The van der Waals surface area contributed by atoms with Crippen molar-refractivity contribution in [2.45, 2.75) is 43.6 Å². The van der Waals surface area contributed by atoms with E-state index >= 15 is 0 Å². The molecule has 0 amide bonds. The van der Waals surface area contributed by atoms with Crippen molar-refractivity contribution in [2.24, 2.45) is 0 Å².